The summed E-state index contributed by atoms with van der Waals surface area (Å²) in [5.41, 5.74) is 0.170. The van der Waals surface area contributed by atoms with Gasteiger partial charge in [-0.2, -0.15) is 0 Å². The Morgan fingerprint density at radius 1 is 1.26 bits per heavy atom. The van der Waals surface area contributed by atoms with Crippen LogP contribution in [0.15, 0.2) is 11.1 Å². The van der Waals surface area contributed by atoms with E-state index in [0.717, 1.165) is 11.3 Å². The Bertz CT molecular complexity index is 897. The van der Waals surface area contributed by atoms with Crippen molar-refractivity contribution >= 4 is 33.5 Å². The van der Waals surface area contributed by atoms with Crippen LogP contribution in [-0.2, 0) is 14.3 Å². The molecule has 0 aliphatic rings. The zero-order chi connectivity index (χ0) is 20.3. The van der Waals surface area contributed by atoms with Gasteiger partial charge in [0.15, 0.2) is 0 Å². The molecule has 0 aliphatic heterocycles. The number of fused-ring (bicyclic) bond motifs is 1. The lowest BCUT2D eigenvalue weighted by molar-refractivity contribution is -0.149. The highest BCUT2D eigenvalue weighted by atomic mass is 32.1. The number of hydrogen-bond acceptors (Lipinski definition) is 7. The maximum absolute atomic E-state index is 13.0. The van der Waals surface area contributed by atoms with E-state index in [-0.39, 0.29) is 17.6 Å². The van der Waals surface area contributed by atoms with E-state index in [1.807, 2.05) is 20.8 Å². The van der Waals surface area contributed by atoms with Gasteiger partial charge in [0.2, 0.25) is 0 Å². The quantitative estimate of drug-likeness (QED) is 0.668. The van der Waals surface area contributed by atoms with Crippen LogP contribution in [-0.4, -0.2) is 34.2 Å². The van der Waals surface area contributed by atoms with Crippen LogP contribution < -0.4 is 5.56 Å². The van der Waals surface area contributed by atoms with Crippen molar-refractivity contribution in [3.63, 3.8) is 0 Å². The van der Waals surface area contributed by atoms with Crippen molar-refractivity contribution in [2.45, 2.75) is 60.1 Å². The number of thiophene rings is 1. The molecule has 0 saturated heterocycles. The molecule has 1 atom stereocenters. The molecule has 2 aromatic heterocycles. The number of ether oxygens (including phenoxy) is 2. The lowest BCUT2D eigenvalue weighted by atomic mass is 10.2. The summed E-state index contributed by atoms with van der Waals surface area (Å²) in [4.78, 5) is 42.8. The molecule has 0 radical (unpaired) electrons. The van der Waals surface area contributed by atoms with Crippen molar-refractivity contribution < 1.29 is 19.1 Å². The molecule has 0 amide bonds. The van der Waals surface area contributed by atoms with E-state index in [9.17, 15) is 14.4 Å². The van der Waals surface area contributed by atoms with Gasteiger partial charge in [-0.1, -0.05) is 20.8 Å². The number of hydrogen-bond donors (Lipinski definition) is 0. The van der Waals surface area contributed by atoms with E-state index in [1.54, 1.807) is 20.8 Å². The number of nitrogens with zero attached hydrogens (tertiary/aromatic N) is 2. The average molecular weight is 394 g/mol. The third kappa shape index (κ3) is 4.55. The maximum Gasteiger partial charge on any atom is 0.348 e. The van der Waals surface area contributed by atoms with Gasteiger partial charge in [-0.05, 0) is 38.7 Å². The normalized spacial score (nSPS) is 12.6. The van der Waals surface area contributed by atoms with Gasteiger partial charge in [0, 0.05) is 0 Å². The minimum Gasteiger partial charge on any atom is -0.464 e. The van der Waals surface area contributed by atoms with E-state index in [2.05, 4.69) is 4.98 Å². The standard InChI is InChI=1S/C19H26N2O5S/c1-7-13(18(23)25-8-10(2)3)21-9-20-16-14(17(21)22)12(6)15(27-16)19(24)26-11(4)5/h9-11,13H,7-8H2,1-6H3/t13-/m1/s1. The van der Waals surface area contributed by atoms with Crippen molar-refractivity contribution in [2.75, 3.05) is 6.61 Å². The van der Waals surface area contributed by atoms with Crippen LogP contribution in [0.3, 0.4) is 0 Å². The highest BCUT2D eigenvalue weighted by Gasteiger charge is 2.26. The van der Waals surface area contributed by atoms with Crippen LogP contribution in [0.1, 0.15) is 62.3 Å². The molecule has 2 aromatic rings. The fraction of sp³-hybridized carbons (Fsp3) is 0.579. The Morgan fingerprint density at radius 3 is 2.48 bits per heavy atom. The van der Waals surface area contributed by atoms with Gasteiger partial charge < -0.3 is 9.47 Å². The molecule has 0 saturated carbocycles. The average Bonchev–Trinajstić information content (AvgIpc) is 2.92. The largest absolute Gasteiger partial charge is 0.464 e. The summed E-state index contributed by atoms with van der Waals surface area (Å²) in [6, 6.07) is -0.751. The minimum absolute atomic E-state index is 0.206. The number of carbonyl (C=O) groups is 2. The zero-order valence-electron chi connectivity index (χ0n) is 16.6. The van der Waals surface area contributed by atoms with Gasteiger partial charge in [-0.3, -0.25) is 9.36 Å². The lowest BCUT2D eigenvalue weighted by Crippen LogP contribution is -2.31. The first-order valence-corrected chi connectivity index (χ1v) is 9.86. The molecule has 0 spiro atoms. The first-order chi connectivity index (χ1) is 12.7. The van der Waals surface area contributed by atoms with E-state index in [1.165, 1.54) is 10.9 Å². The third-order valence-electron chi connectivity index (χ3n) is 3.96. The van der Waals surface area contributed by atoms with Crippen LogP contribution in [0.2, 0.25) is 0 Å². The summed E-state index contributed by atoms with van der Waals surface area (Å²) in [6.07, 6.45) is 1.49. The Balaban J connectivity index is 2.46. The molecule has 8 heteroatoms. The smallest absolute Gasteiger partial charge is 0.348 e. The second kappa shape index (κ2) is 8.65. The molecular formula is C19H26N2O5S. The predicted molar refractivity (Wildman–Crippen MR) is 104 cm³/mol. The third-order valence-corrected chi connectivity index (χ3v) is 5.14. The highest BCUT2D eigenvalue weighted by molar-refractivity contribution is 7.20. The number of aromatic nitrogens is 2. The monoisotopic (exact) mass is 394 g/mol. The molecular weight excluding hydrogens is 368 g/mol. The first-order valence-electron chi connectivity index (χ1n) is 9.05. The number of rotatable bonds is 7. The van der Waals surface area contributed by atoms with Crippen molar-refractivity contribution in [3.05, 3.63) is 27.1 Å². The molecule has 2 rings (SSSR count). The topological polar surface area (TPSA) is 87.5 Å². The Hall–Kier alpha value is -2.22. The molecule has 0 N–H and O–H groups in total. The highest BCUT2D eigenvalue weighted by Crippen LogP contribution is 2.28. The van der Waals surface area contributed by atoms with Crippen LogP contribution in [0.5, 0.6) is 0 Å². The number of aryl methyl sites for hydroxylation is 1. The Kier molecular flexibility index (Phi) is 6.75. The van der Waals surface area contributed by atoms with Gasteiger partial charge in [0.05, 0.1) is 24.4 Å². The van der Waals surface area contributed by atoms with Gasteiger partial charge in [0.1, 0.15) is 15.7 Å². The van der Waals surface area contributed by atoms with Crippen molar-refractivity contribution in [2.24, 2.45) is 5.92 Å². The lowest BCUT2D eigenvalue weighted by Gasteiger charge is -2.17. The molecule has 2 heterocycles. The summed E-state index contributed by atoms with van der Waals surface area (Å²) in [7, 11) is 0. The van der Waals surface area contributed by atoms with Gasteiger partial charge in [0.25, 0.3) is 5.56 Å². The van der Waals surface area contributed by atoms with Crippen molar-refractivity contribution in [1.82, 2.24) is 9.55 Å². The molecule has 0 unspecified atom stereocenters. The number of carbonyl (C=O) groups excluding carboxylic acids is 2. The Labute approximate surface area is 162 Å². The molecule has 0 fully saturated rings. The van der Waals surface area contributed by atoms with E-state index in [0.29, 0.717) is 33.7 Å². The summed E-state index contributed by atoms with van der Waals surface area (Å²) >= 11 is 1.12. The van der Waals surface area contributed by atoms with Crippen LogP contribution in [0.4, 0.5) is 0 Å². The molecule has 0 bridgehead atoms. The fourth-order valence-electron chi connectivity index (χ4n) is 2.64. The SMILES string of the molecule is CC[C@H](C(=O)OCC(C)C)n1cnc2sc(C(=O)OC(C)C)c(C)c2c1=O. The summed E-state index contributed by atoms with van der Waals surface area (Å²) in [5, 5.41) is 0.341. The van der Waals surface area contributed by atoms with Crippen molar-refractivity contribution in [3.8, 4) is 0 Å². The van der Waals surface area contributed by atoms with Gasteiger partial charge in [-0.25, -0.2) is 14.6 Å². The fourth-order valence-corrected chi connectivity index (χ4v) is 3.67. The molecule has 7 nitrogen and oxygen atoms in total. The second-order valence-corrected chi connectivity index (χ2v) is 8.09. The molecule has 0 aromatic carbocycles. The van der Waals surface area contributed by atoms with E-state index >= 15 is 0 Å². The van der Waals surface area contributed by atoms with E-state index < -0.39 is 18.0 Å². The van der Waals surface area contributed by atoms with E-state index in [4.69, 9.17) is 9.47 Å². The minimum atomic E-state index is -0.751. The van der Waals surface area contributed by atoms with Crippen LogP contribution >= 0.6 is 11.3 Å². The maximum atomic E-state index is 13.0. The second-order valence-electron chi connectivity index (χ2n) is 7.10. The zero-order valence-corrected chi connectivity index (χ0v) is 17.4. The summed E-state index contributed by atoms with van der Waals surface area (Å²) in [5.74, 6) is -0.723. The molecule has 0 aliphatic carbocycles. The predicted octanol–water partition coefficient (Wildman–Crippen LogP) is 3.48. The summed E-state index contributed by atoms with van der Waals surface area (Å²) in [6.45, 7) is 11.2. The Morgan fingerprint density at radius 2 is 1.93 bits per heavy atom. The molecule has 27 heavy (non-hydrogen) atoms. The van der Waals surface area contributed by atoms with Gasteiger partial charge in [-0.15, -0.1) is 11.3 Å². The molecule has 148 valence electrons. The van der Waals surface area contributed by atoms with Crippen LogP contribution in [0.25, 0.3) is 10.2 Å². The van der Waals surface area contributed by atoms with Crippen molar-refractivity contribution in [1.29, 1.82) is 0 Å². The van der Waals surface area contributed by atoms with Gasteiger partial charge >= 0.3 is 11.9 Å². The number of esters is 2. The summed E-state index contributed by atoms with van der Waals surface area (Å²) < 4.78 is 11.8. The first kappa shape index (κ1) is 21.1. The van der Waals surface area contributed by atoms with Crippen LogP contribution in [0, 0.1) is 12.8 Å².